The zero-order valence-corrected chi connectivity index (χ0v) is 16.8. The van der Waals surface area contributed by atoms with Gasteiger partial charge in [0.15, 0.2) is 5.78 Å². The van der Waals surface area contributed by atoms with Crippen LogP contribution in [-0.4, -0.2) is 40.8 Å². The van der Waals surface area contributed by atoms with Crippen LogP contribution in [0, 0.1) is 13.8 Å². The van der Waals surface area contributed by atoms with Crippen molar-refractivity contribution in [2.45, 2.75) is 39.8 Å². The fourth-order valence-electron chi connectivity index (χ4n) is 3.88. The minimum atomic E-state index is -1.29. The predicted octanol–water partition coefficient (Wildman–Crippen LogP) is 2.78. The first-order valence-corrected chi connectivity index (χ1v) is 9.22. The number of aromatic nitrogens is 1. The second-order valence-electron chi connectivity index (χ2n) is 7.10. The van der Waals surface area contributed by atoms with Crippen LogP contribution < -0.4 is 10.1 Å². The predicted molar refractivity (Wildman–Crippen MR) is 105 cm³/mol. The maximum Gasteiger partial charge on any atom is 0.325 e. The maximum atomic E-state index is 13.1. The Labute approximate surface area is 164 Å². The number of ketones is 1. The third-order valence-electron chi connectivity index (χ3n) is 5.41. The van der Waals surface area contributed by atoms with Crippen LogP contribution in [0.2, 0.25) is 0 Å². The van der Waals surface area contributed by atoms with E-state index in [4.69, 9.17) is 4.74 Å². The third kappa shape index (κ3) is 2.96. The van der Waals surface area contributed by atoms with Crippen LogP contribution >= 0.6 is 0 Å². The van der Waals surface area contributed by atoms with Gasteiger partial charge in [-0.2, -0.15) is 0 Å². The van der Waals surface area contributed by atoms with E-state index in [1.54, 1.807) is 37.3 Å². The van der Waals surface area contributed by atoms with Crippen molar-refractivity contribution >= 4 is 17.7 Å². The summed E-state index contributed by atoms with van der Waals surface area (Å²) in [5.41, 5.74) is 1.61. The zero-order valence-electron chi connectivity index (χ0n) is 16.8. The van der Waals surface area contributed by atoms with Crippen LogP contribution in [0.25, 0.3) is 0 Å². The number of methoxy groups -OCH3 is 1. The Morgan fingerprint density at radius 2 is 1.89 bits per heavy atom. The molecule has 3 rings (SSSR count). The topological polar surface area (TPSA) is 80.6 Å². The summed E-state index contributed by atoms with van der Waals surface area (Å²) in [6, 6.07) is 8.24. The van der Waals surface area contributed by atoms with Crippen molar-refractivity contribution < 1.29 is 19.1 Å². The molecule has 7 nitrogen and oxygen atoms in total. The second-order valence-corrected chi connectivity index (χ2v) is 7.10. The van der Waals surface area contributed by atoms with Crippen LogP contribution in [0.3, 0.4) is 0 Å². The van der Waals surface area contributed by atoms with Gasteiger partial charge in [0, 0.05) is 29.1 Å². The Balaban J connectivity index is 1.89. The Hall–Kier alpha value is -3.09. The SMILES string of the molecule is CCn1c(C)cc(C(=O)CN2C(=O)N[C@](C)(c3ccccc3OC)C2=O)c1C. The fourth-order valence-corrected chi connectivity index (χ4v) is 3.88. The smallest absolute Gasteiger partial charge is 0.325 e. The van der Waals surface area contributed by atoms with Gasteiger partial charge in [0.25, 0.3) is 5.91 Å². The molecule has 148 valence electrons. The van der Waals surface area contributed by atoms with E-state index < -0.39 is 17.5 Å². The molecule has 0 spiro atoms. The van der Waals surface area contributed by atoms with E-state index in [-0.39, 0.29) is 12.3 Å². The van der Waals surface area contributed by atoms with Crippen LogP contribution in [0.15, 0.2) is 30.3 Å². The molecule has 2 heterocycles. The highest BCUT2D eigenvalue weighted by molar-refractivity contribution is 6.11. The lowest BCUT2D eigenvalue weighted by Gasteiger charge is -2.24. The van der Waals surface area contributed by atoms with E-state index in [2.05, 4.69) is 5.32 Å². The van der Waals surface area contributed by atoms with E-state index in [1.807, 2.05) is 25.3 Å². The van der Waals surface area contributed by atoms with E-state index in [1.165, 1.54) is 7.11 Å². The van der Waals surface area contributed by atoms with E-state index >= 15 is 0 Å². The Morgan fingerprint density at radius 1 is 1.21 bits per heavy atom. The normalized spacial score (nSPS) is 19.1. The van der Waals surface area contributed by atoms with Crippen molar-refractivity contribution in [2.75, 3.05) is 13.7 Å². The van der Waals surface area contributed by atoms with Gasteiger partial charge in [0.1, 0.15) is 11.3 Å². The molecule has 1 fully saturated rings. The number of amides is 3. The largest absolute Gasteiger partial charge is 0.496 e. The molecule has 1 aliphatic rings. The molecule has 1 atom stereocenters. The molecular formula is C21H25N3O4. The zero-order chi connectivity index (χ0) is 20.6. The van der Waals surface area contributed by atoms with E-state index in [9.17, 15) is 14.4 Å². The van der Waals surface area contributed by atoms with Gasteiger partial charge in [0.2, 0.25) is 0 Å². The number of urea groups is 1. The van der Waals surface area contributed by atoms with Gasteiger partial charge in [-0.1, -0.05) is 18.2 Å². The first-order chi connectivity index (χ1) is 13.2. The highest BCUT2D eigenvalue weighted by Gasteiger charge is 2.50. The summed E-state index contributed by atoms with van der Waals surface area (Å²) in [7, 11) is 1.51. The first kappa shape index (κ1) is 19.7. The molecule has 0 aliphatic carbocycles. The summed E-state index contributed by atoms with van der Waals surface area (Å²) in [6.07, 6.45) is 0. The number of nitrogens with zero attached hydrogens (tertiary/aromatic N) is 2. The lowest BCUT2D eigenvalue weighted by molar-refractivity contribution is -0.130. The highest BCUT2D eigenvalue weighted by atomic mass is 16.5. The minimum absolute atomic E-state index is 0.263. The summed E-state index contributed by atoms with van der Waals surface area (Å²) in [5, 5.41) is 2.72. The van der Waals surface area contributed by atoms with Crippen molar-refractivity contribution in [2.24, 2.45) is 0 Å². The fraction of sp³-hybridized carbons (Fsp3) is 0.381. The van der Waals surface area contributed by atoms with E-state index in [0.717, 1.165) is 22.8 Å². The number of carbonyl (C=O) groups excluding carboxylic acids is 3. The van der Waals surface area contributed by atoms with Gasteiger partial charge < -0.3 is 14.6 Å². The number of Topliss-reactive ketones (excluding diaryl/α,β-unsaturated/α-hetero) is 1. The monoisotopic (exact) mass is 383 g/mol. The number of rotatable bonds is 6. The number of hydrogen-bond donors (Lipinski definition) is 1. The number of ether oxygens (including phenoxy) is 1. The van der Waals surface area contributed by atoms with Crippen molar-refractivity contribution in [3.05, 3.63) is 52.8 Å². The standard InChI is InChI=1S/C21H25N3O4/c1-6-23-13(2)11-15(14(23)3)17(25)12-24-19(26)21(4,22-20(24)27)16-9-7-8-10-18(16)28-5/h7-11H,6,12H2,1-5H3,(H,22,27)/t21-/m1/s1. The summed E-state index contributed by atoms with van der Waals surface area (Å²) < 4.78 is 7.37. The molecule has 28 heavy (non-hydrogen) atoms. The third-order valence-corrected chi connectivity index (χ3v) is 5.41. The molecule has 0 radical (unpaired) electrons. The molecule has 1 N–H and O–H groups in total. The summed E-state index contributed by atoms with van der Waals surface area (Å²) in [5.74, 6) is -0.237. The molecule has 1 aromatic carbocycles. The van der Waals surface area contributed by atoms with Gasteiger partial charge in [-0.3, -0.25) is 14.5 Å². The lowest BCUT2D eigenvalue weighted by atomic mass is 9.91. The Bertz CT molecular complexity index is 963. The van der Waals surface area contributed by atoms with Crippen LogP contribution in [-0.2, 0) is 16.9 Å². The molecule has 1 aromatic heterocycles. The summed E-state index contributed by atoms with van der Waals surface area (Å²) >= 11 is 0. The maximum absolute atomic E-state index is 13.1. The van der Waals surface area contributed by atoms with Crippen LogP contribution in [0.4, 0.5) is 4.79 Å². The molecule has 0 unspecified atom stereocenters. The van der Waals surface area contributed by atoms with Crippen LogP contribution in [0.5, 0.6) is 5.75 Å². The molecule has 0 saturated carbocycles. The average Bonchev–Trinajstić information content (AvgIpc) is 3.09. The van der Waals surface area contributed by atoms with Crippen LogP contribution in [0.1, 0.15) is 41.2 Å². The molecule has 7 heteroatoms. The number of para-hydroxylation sites is 1. The van der Waals surface area contributed by atoms with Gasteiger partial charge in [-0.05, 0) is 39.8 Å². The van der Waals surface area contributed by atoms with Gasteiger partial charge >= 0.3 is 6.03 Å². The van der Waals surface area contributed by atoms with Gasteiger partial charge in [0.05, 0.1) is 13.7 Å². The van der Waals surface area contributed by atoms with Gasteiger partial charge in [-0.25, -0.2) is 4.79 Å². The van der Waals surface area contributed by atoms with Crippen molar-refractivity contribution in [3.63, 3.8) is 0 Å². The lowest BCUT2D eigenvalue weighted by Crippen LogP contribution is -2.41. The Morgan fingerprint density at radius 3 is 2.50 bits per heavy atom. The summed E-state index contributed by atoms with van der Waals surface area (Å²) in [6.45, 7) is 7.88. The molecule has 1 aliphatic heterocycles. The number of aryl methyl sites for hydroxylation is 1. The molecule has 1 saturated heterocycles. The highest BCUT2D eigenvalue weighted by Crippen LogP contribution is 2.34. The number of hydrogen-bond acceptors (Lipinski definition) is 4. The van der Waals surface area contributed by atoms with Crippen molar-refractivity contribution in [1.82, 2.24) is 14.8 Å². The quantitative estimate of drug-likeness (QED) is 0.614. The van der Waals surface area contributed by atoms with Crippen molar-refractivity contribution in [3.8, 4) is 5.75 Å². The molecule has 3 amide bonds. The van der Waals surface area contributed by atoms with E-state index in [0.29, 0.717) is 16.9 Å². The number of benzene rings is 1. The number of carbonyl (C=O) groups is 3. The number of imide groups is 1. The van der Waals surface area contributed by atoms with Gasteiger partial charge in [-0.15, -0.1) is 0 Å². The second kappa shape index (κ2) is 7.14. The molecular weight excluding hydrogens is 358 g/mol. The molecule has 2 aromatic rings. The summed E-state index contributed by atoms with van der Waals surface area (Å²) in [4.78, 5) is 39.5. The first-order valence-electron chi connectivity index (χ1n) is 9.22. The number of nitrogens with one attached hydrogen (secondary N) is 1. The Kier molecular flexibility index (Phi) is 5.02. The van der Waals surface area contributed by atoms with Crippen molar-refractivity contribution in [1.29, 1.82) is 0 Å². The average molecular weight is 383 g/mol. The minimum Gasteiger partial charge on any atom is -0.496 e. The molecule has 0 bridgehead atoms.